The maximum Gasteiger partial charge on any atom is 0.410 e. The Labute approximate surface area is 292 Å². The van der Waals surface area contributed by atoms with Crippen molar-refractivity contribution in [3.63, 3.8) is 0 Å². The Kier molecular flexibility index (Phi) is 9.05. The fourth-order valence-corrected chi connectivity index (χ4v) is 7.23. The lowest BCUT2D eigenvalue weighted by atomic mass is 9.97. The van der Waals surface area contributed by atoms with Crippen molar-refractivity contribution < 1.29 is 33.6 Å². The summed E-state index contributed by atoms with van der Waals surface area (Å²) in [4.78, 5) is 69.3. The van der Waals surface area contributed by atoms with Gasteiger partial charge in [-0.25, -0.2) is 9.59 Å². The molecule has 5 aromatic rings. The summed E-state index contributed by atoms with van der Waals surface area (Å²) < 4.78 is 10.9. The van der Waals surface area contributed by atoms with Crippen molar-refractivity contribution in [1.29, 1.82) is 0 Å². The number of amides is 2. The molecule has 2 amide bonds. The SMILES string of the molecule is COC(=O)[C@H](Cc1c(C(=O)c2ccc([N+](=O)[O-])cc2)[nH]c2ccccc12)NC(=O)[C@@H]1CCCN1C(=O)OCC1c2ccccc2-c2ccccc21. The molecule has 2 aliphatic rings. The standard InChI is InChI=1S/C39H34N4O8/c1-50-38(46)33(21-30-29-13-6-7-14-32(29)40-35(30)36(44)23-16-18-24(19-17-23)43(48)49)41-37(45)34-15-8-20-42(34)39(47)51-22-31-27-11-4-2-9-25(27)26-10-3-5-12-28(26)31/h2-7,9-14,16-19,31,33-34,40H,8,15,20-22H2,1H3,(H,41,45)/t33-,34-/m0/s1. The first-order valence-corrected chi connectivity index (χ1v) is 16.6. The fourth-order valence-electron chi connectivity index (χ4n) is 7.23. The number of rotatable bonds is 10. The molecule has 1 saturated heterocycles. The zero-order valence-corrected chi connectivity index (χ0v) is 27.7. The Morgan fingerprint density at radius 3 is 2.24 bits per heavy atom. The molecule has 1 fully saturated rings. The van der Waals surface area contributed by atoms with Crippen LogP contribution in [0.2, 0.25) is 0 Å². The number of ether oxygens (including phenoxy) is 2. The van der Waals surface area contributed by atoms with Gasteiger partial charge in [0.25, 0.3) is 5.69 Å². The first-order chi connectivity index (χ1) is 24.7. The Balaban J connectivity index is 1.09. The molecule has 1 aromatic heterocycles. The number of likely N-dealkylation sites (tertiary alicyclic amines) is 1. The van der Waals surface area contributed by atoms with Gasteiger partial charge in [-0.05, 0) is 58.9 Å². The molecular formula is C39H34N4O8. The summed E-state index contributed by atoms with van der Waals surface area (Å²) in [5, 5.41) is 14.6. The molecule has 12 heteroatoms. The van der Waals surface area contributed by atoms with Gasteiger partial charge in [0.05, 0.1) is 17.7 Å². The normalized spacial score (nSPS) is 15.5. The highest BCUT2D eigenvalue weighted by Crippen LogP contribution is 2.44. The van der Waals surface area contributed by atoms with Gasteiger partial charge in [0.1, 0.15) is 18.7 Å². The number of ketones is 1. The van der Waals surface area contributed by atoms with Gasteiger partial charge in [-0.15, -0.1) is 0 Å². The molecule has 1 aliphatic carbocycles. The predicted octanol–water partition coefficient (Wildman–Crippen LogP) is 5.92. The van der Waals surface area contributed by atoms with Crippen molar-refractivity contribution in [2.75, 3.05) is 20.3 Å². The third-order valence-corrected chi connectivity index (χ3v) is 9.72. The molecule has 0 unspecified atom stereocenters. The summed E-state index contributed by atoms with van der Waals surface area (Å²) in [6.45, 7) is 0.419. The molecule has 0 radical (unpaired) electrons. The van der Waals surface area contributed by atoms with Gasteiger partial charge in [0.2, 0.25) is 11.7 Å². The monoisotopic (exact) mass is 686 g/mol. The van der Waals surface area contributed by atoms with Crippen LogP contribution in [0.25, 0.3) is 22.0 Å². The summed E-state index contributed by atoms with van der Waals surface area (Å²) in [5.41, 5.74) is 5.68. The van der Waals surface area contributed by atoms with Crippen molar-refractivity contribution in [2.24, 2.45) is 0 Å². The predicted molar refractivity (Wildman–Crippen MR) is 187 cm³/mol. The van der Waals surface area contributed by atoms with Crippen molar-refractivity contribution in [3.05, 3.63) is 135 Å². The summed E-state index contributed by atoms with van der Waals surface area (Å²) in [5.74, 6) is -1.85. The zero-order valence-electron chi connectivity index (χ0n) is 27.7. The Hall–Kier alpha value is -6.30. The number of methoxy groups -OCH3 is 1. The number of nitrogens with zero attached hydrogens (tertiary/aromatic N) is 2. The lowest BCUT2D eigenvalue weighted by molar-refractivity contribution is -0.384. The Bertz CT molecular complexity index is 2130. The average molecular weight is 687 g/mol. The van der Waals surface area contributed by atoms with Crippen LogP contribution in [0, 0.1) is 10.1 Å². The Morgan fingerprint density at radius 2 is 1.57 bits per heavy atom. The minimum atomic E-state index is -1.20. The second kappa shape index (κ2) is 13.9. The average Bonchev–Trinajstić information content (AvgIpc) is 3.88. The number of aromatic nitrogens is 1. The van der Waals surface area contributed by atoms with Gasteiger partial charge in [-0.1, -0.05) is 66.7 Å². The van der Waals surface area contributed by atoms with Gasteiger partial charge in [0, 0.05) is 47.5 Å². The molecule has 0 bridgehead atoms. The number of para-hydroxylation sites is 1. The molecule has 1 aliphatic heterocycles. The highest BCUT2D eigenvalue weighted by atomic mass is 16.6. The van der Waals surface area contributed by atoms with Crippen LogP contribution in [0.15, 0.2) is 97.1 Å². The number of nitrogens with one attached hydrogen (secondary N) is 2. The number of fused-ring (bicyclic) bond motifs is 4. The molecular weight excluding hydrogens is 652 g/mol. The molecule has 0 saturated carbocycles. The van der Waals surface area contributed by atoms with Crippen molar-refractivity contribution in [1.82, 2.24) is 15.2 Å². The molecule has 2 N–H and O–H groups in total. The number of esters is 1. The molecule has 51 heavy (non-hydrogen) atoms. The lowest BCUT2D eigenvalue weighted by Gasteiger charge is -2.26. The lowest BCUT2D eigenvalue weighted by Crippen LogP contribution is -2.52. The van der Waals surface area contributed by atoms with Crippen LogP contribution >= 0.6 is 0 Å². The van der Waals surface area contributed by atoms with Gasteiger partial charge >= 0.3 is 12.1 Å². The number of benzene rings is 4. The summed E-state index contributed by atoms with van der Waals surface area (Å²) in [6.07, 6.45) is 0.230. The molecule has 0 spiro atoms. The van der Waals surface area contributed by atoms with E-state index in [2.05, 4.69) is 22.4 Å². The molecule has 2 heterocycles. The third kappa shape index (κ3) is 6.31. The van der Waals surface area contributed by atoms with Crippen LogP contribution in [-0.4, -0.2) is 70.9 Å². The topological polar surface area (TPSA) is 161 Å². The molecule has 2 atom stereocenters. The maximum absolute atomic E-state index is 13.8. The van der Waals surface area contributed by atoms with Gasteiger partial charge in [-0.3, -0.25) is 24.6 Å². The number of carbonyl (C=O) groups excluding carboxylic acids is 4. The number of H-pyrrole nitrogens is 1. The van der Waals surface area contributed by atoms with E-state index in [1.807, 2.05) is 36.4 Å². The van der Waals surface area contributed by atoms with Gasteiger partial charge in [0.15, 0.2) is 0 Å². The summed E-state index contributed by atoms with van der Waals surface area (Å²) >= 11 is 0. The van der Waals surface area contributed by atoms with Crippen LogP contribution in [0.1, 0.15) is 51.5 Å². The first kappa shape index (κ1) is 33.2. The molecule has 4 aromatic carbocycles. The zero-order chi connectivity index (χ0) is 35.6. The van der Waals surface area contributed by atoms with E-state index in [-0.39, 0.29) is 35.9 Å². The number of hydrogen-bond donors (Lipinski definition) is 2. The molecule has 7 rings (SSSR count). The number of non-ortho nitro benzene ring substituents is 1. The van der Waals surface area contributed by atoms with E-state index in [1.165, 1.54) is 36.3 Å². The third-order valence-electron chi connectivity index (χ3n) is 9.72. The van der Waals surface area contributed by atoms with E-state index in [9.17, 15) is 29.3 Å². The van der Waals surface area contributed by atoms with Crippen molar-refractivity contribution >= 4 is 40.3 Å². The van der Waals surface area contributed by atoms with Gasteiger partial charge in [-0.2, -0.15) is 0 Å². The van der Waals surface area contributed by atoms with Crippen LogP contribution in [0.4, 0.5) is 10.5 Å². The number of carbonyl (C=O) groups is 4. The minimum Gasteiger partial charge on any atom is -0.467 e. The van der Waals surface area contributed by atoms with E-state index in [1.54, 1.807) is 24.3 Å². The summed E-state index contributed by atoms with van der Waals surface area (Å²) in [6, 6.07) is 26.4. The van der Waals surface area contributed by atoms with Gasteiger partial charge < -0.3 is 19.8 Å². The van der Waals surface area contributed by atoms with Crippen molar-refractivity contribution in [2.45, 2.75) is 37.3 Å². The molecule has 258 valence electrons. The van der Waals surface area contributed by atoms with E-state index < -0.39 is 40.8 Å². The number of hydrogen-bond acceptors (Lipinski definition) is 8. The van der Waals surface area contributed by atoms with Crippen LogP contribution in [0.3, 0.4) is 0 Å². The first-order valence-electron chi connectivity index (χ1n) is 16.6. The van der Waals surface area contributed by atoms with Crippen LogP contribution in [-0.2, 0) is 25.5 Å². The second-order valence-electron chi connectivity index (χ2n) is 12.6. The van der Waals surface area contributed by atoms with E-state index in [0.29, 0.717) is 35.9 Å². The highest BCUT2D eigenvalue weighted by molar-refractivity contribution is 6.12. The Morgan fingerprint density at radius 1 is 0.922 bits per heavy atom. The minimum absolute atomic E-state index is 0.103. The van der Waals surface area contributed by atoms with Crippen LogP contribution < -0.4 is 5.32 Å². The maximum atomic E-state index is 13.8. The van der Waals surface area contributed by atoms with E-state index in [0.717, 1.165) is 22.3 Å². The number of nitro benzene ring substituents is 1. The second-order valence-corrected chi connectivity index (χ2v) is 12.6. The molecule has 12 nitrogen and oxygen atoms in total. The van der Waals surface area contributed by atoms with Crippen LogP contribution in [0.5, 0.6) is 0 Å². The quantitative estimate of drug-likeness (QED) is 0.0792. The smallest absolute Gasteiger partial charge is 0.410 e. The fraction of sp³-hybridized carbons (Fsp3) is 0.231. The largest absolute Gasteiger partial charge is 0.467 e. The highest BCUT2D eigenvalue weighted by Gasteiger charge is 2.38. The number of nitro groups is 1. The van der Waals surface area contributed by atoms with E-state index in [4.69, 9.17) is 9.47 Å². The van der Waals surface area contributed by atoms with E-state index >= 15 is 0 Å². The van der Waals surface area contributed by atoms with Crippen molar-refractivity contribution in [3.8, 4) is 11.1 Å². The number of aromatic amines is 1. The summed E-state index contributed by atoms with van der Waals surface area (Å²) in [7, 11) is 1.21.